The van der Waals surface area contributed by atoms with Crippen molar-refractivity contribution in [3.05, 3.63) is 99.1 Å². The van der Waals surface area contributed by atoms with Crippen molar-refractivity contribution in [2.45, 2.75) is 18.6 Å². The lowest BCUT2D eigenvalue weighted by Crippen LogP contribution is -2.54. The molecule has 2 atom stereocenters. The fourth-order valence-electron chi connectivity index (χ4n) is 4.90. The first kappa shape index (κ1) is 28.9. The summed E-state index contributed by atoms with van der Waals surface area (Å²) in [4.78, 5) is 65.2. The number of halogens is 2. The molecule has 0 bridgehead atoms. The van der Waals surface area contributed by atoms with Crippen molar-refractivity contribution in [1.29, 1.82) is 0 Å². The molecule has 3 aromatic carbocycles. The number of ether oxygens (including phenoxy) is 2. The molecule has 15 heteroatoms. The van der Waals surface area contributed by atoms with Gasteiger partial charge in [-0.15, -0.1) is 0 Å². The molecule has 1 saturated heterocycles. The summed E-state index contributed by atoms with van der Waals surface area (Å²) in [5, 5.41) is 23.3. The van der Waals surface area contributed by atoms with Crippen LogP contribution in [-0.2, 0) is 9.59 Å². The van der Waals surface area contributed by atoms with Crippen molar-refractivity contribution < 1.29 is 47.5 Å². The number of nitro groups is 1. The summed E-state index contributed by atoms with van der Waals surface area (Å²) in [6, 6.07) is 10.1. The van der Waals surface area contributed by atoms with Gasteiger partial charge in [0.1, 0.15) is 11.6 Å². The highest BCUT2D eigenvalue weighted by Crippen LogP contribution is 2.34. The Hall–Kier alpha value is -5.60. The fourth-order valence-corrected chi connectivity index (χ4v) is 4.90. The first-order valence-corrected chi connectivity index (χ1v) is 12.8. The van der Waals surface area contributed by atoms with E-state index < -0.39 is 64.4 Å². The van der Waals surface area contributed by atoms with E-state index in [-0.39, 0.29) is 42.4 Å². The van der Waals surface area contributed by atoms with Crippen LogP contribution in [0.1, 0.15) is 38.7 Å². The van der Waals surface area contributed by atoms with Gasteiger partial charge in [0.2, 0.25) is 6.79 Å². The van der Waals surface area contributed by atoms with Crippen LogP contribution in [0.5, 0.6) is 11.5 Å². The zero-order chi connectivity index (χ0) is 30.8. The number of carbonyl (C=O) groups excluding carboxylic acids is 3. The maximum atomic E-state index is 14.0. The van der Waals surface area contributed by atoms with Gasteiger partial charge in [-0.1, -0.05) is 12.1 Å². The summed E-state index contributed by atoms with van der Waals surface area (Å²) in [7, 11) is 0. The molecule has 1 fully saturated rings. The number of non-ortho nitro benzene ring substituents is 1. The Morgan fingerprint density at radius 1 is 0.930 bits per heavy atom. The molecule has 2 N–H and O–H groups in total. The highest BCUT2D eigenvalue weighted by Gasteiger charge is 2.44. The fraction of sp³-hybridized carbons (Fsp3) is 0.214. The number of aliphatic carboxylic acids is 1. The van der Waals surface area contributed by atoms with Crippen molar-refractivity contribution in [1.82, 2.24) is 15.1 Å². The number of nitrogens with zero attached hydrogens (tertiary/aromatic N) is 3. The molecule has 2 heterocycles. The Balaban J connectivity index is 1.50. The van der Waals surface area contributed by atoms with E-state index in [1.165, 1.54) is 36.4 Å². The van der Waals surface area contributed by atoms with Crippen molar-refractivity contribution in [3.63, 3.8) is 0 Å². The van der Waals surface area contributed by atoms with Crippen molar-refractivity contribution in [2.24, 2.45) is 0 Å². The normalized spacial score (nSPS) is 16.1. The Morgan fingerprint density at radius 3 is 2.23 bits per heavy atom. The Bertz CT molecular complexity index is 1630. The van der Waals surface area contributed by atoms with Crippen LogP contribution in [0.25, 0.3) is 0 Å². The number of rotatable bonds is 8. The molecule has 2 aliphatic rings. The van der Waals surface area contributed by atoms with Crippen LogP contribution in [0.3, 0.4) is 0 Å². The van der Waals surface area contributed by atoms with E-state index in [0.29, 0.717) is 11.8 Å². The molecule has 3 aromatic rings. The minimum Gasteiger partial charge on any atom is -0.481 e. The smallest absolute Gasteiger partial charge is 0.305 e. The minimum atomic E-state index is -1.69. The topological polar surface area (TPSA) is 169 Å². The third kappa shape index (κ3) is 6.05. The third-order valence-corrected chi connectivity index (χ3v) is 6.84. The second-order valence-electron chi connectivity index (χ2n) is 9.61. The van der Waals surface area contributed by atoms with Crippen molar-refractivity contribution >= 4 is 29.4 Å². The second-order valence-corrected chi connectivity index (χ2v) is 9.61. The Morgan fingerprint density at radius 2 is 1.58 bits per heavy atom. The summed E-state index contributed by atoms with van der Waals surface area (Å²) >= 11 is 0. The number of benzene rings is 3. The number of carboxylic acids is 1. The summed E-state index contributed by atoms with van der Waals surface area (Å²) in [6.07, 6.45) is -2.38. The molecule has 222 valence electrons. The second kappa shape index (κ2) is 11.7. The van der Waals surface area contributed by atoms with E-state index >= 15 is 0 Å². The van der Waals surface area contributed by atoms with Crippen LogP contribution >= 0.6 is 0 Å². The molecule has 0 saturated carbocycles. The van der Waals surface area contributed by atoms with Crippen LogP contribution in [0.4, 0.5) is 14.5 Å². The third-order valence-electron chi connectivity index (χ3n) is 6.84. The monoisotopic (exact) mass is 596 g/mol. The first-order chi connectivity index (χ1) is 20.5. The standard InChI is InChI=1S/C28H22F2N4O9/c29-18-8-17(9-19(30)12-18)28(39)33-7-6-32(27(38)16-4-5-22-23(11-16)43-14-42-22)26(33)25(37)31-21(13-24(35)36)15-2-1-3-20(10-15)34(40)41/h1-5,8-12,21,26H,6-7,13-14H2,(H,31,37)(H,35,36). The summed E-state index contributed by atoms with van der Waals surface area (Å²) < 4.78 is 38.5. The Labute approximate surface area is 241 Å². The Kier molecular flexibility index (Phi) is 7.88. The summed E-state index contributed by atoms with van der Waals surface area (Å²) in [6.45, 7) is -0.447. The van der Waals surface area contributed by atoms with Gasteiger partial charge in [0.05, 0.1) is 17.4 Å². The largest absolute Gasteiger partial charge is 0.481 e. The summed E-state index contributed by atoms with van der Waals surface area (Å²) in [5.74, 6) is -5.43. The first-order valence-electron chi connectivity index (χ1n) is 12.8. The number of nitrogens with one attached hydrogen (secondary N) is 1. The molecule has 43 heavy (non-hydrogen) atoms. The van der Waals surface area contributed by atoms with Crippen molar-refractivity contribution in [2.75, 3.05) is 19.9 Å². The van der Waals surface area contributed by atoms with E-state index in [4.69, 9.17) is 9.47 Å². The van der Waals surface area contributed by atoms with Gasteiger partial charge in [0, 0.05) is 42.4 Å². The van der Waals surface area contributed by atoms with Crippen LogP contribution in [0, 0.1) is 21.7 Å². The predicted octanol–water partition coefficient (Wildman–Crippen LogP) is 2.86. The zero-order valence-corrected chi connectivity index (χ0v) is 22.1. The molecule has 5 rings (SSSR count). The van der Waals surface area contributed by atoms with Crippen LogP contribution in [-0.4, -0.2) is 69.6 Å². The molecule has 2 unspecified atom stereocenters. The summed E-state index contributed by atoms with van der Waals surface area (Å²) in [5.41, 5.74) is -0.614. The van der Waals surface area contributed by atoms with E-state index in [9.17, 15) is 43.2 Å². The number of nitro benzene ring substituents is 1. The van der Waals surface area contributed by atoms with Gasteiger partial charge in [-0.2, -0.15) is 0 Å². The maximum absolute atomic E-state index is 14.0. The van der Waals surface area contributed by atoms with E-state index in [0.717, 1.165) is 28.0 Å². The molecule has 0 aromatic heterocycles. The number of fused-ring (bicyclic) bond motifs is 1. The van der Waals surface area contributed by atoms with Gasteiger partial charge in [-0.3, -0.25) is 29.3 Å². The quantitative estimate of drug-likeness (QED) is 0.293. The van der Waals surface area contributed by atoms with Crippen LogP contribution in [0.2, 0.25) is 0 Å². The zero-order valence-electron chi connectivity index (χ0n) is 22.1. The molecular formula is C28H22F2N4O9. The SMILES string of the molecule is O=C(O)CC(NC(=O)C1N(C(=O)c2cc(F)cc(F)c2)CCN1C(=O)c1ccc2c(c1)OCO2)c1cccc([N+](=O)[O-])c1. The minimum absolute atomic E-state index is 0.0587. The van der Waals surface area contributed by atoms with Gasteiger partial charge in [-0.05, 0) is 35.9 Å². The number of hydrogen-bond donors (Lipinski definition) is 2. The van der Waals surface area contributed by atoms with Gasteiger partial charge < -0.3 is 29.7 Å². The molecule has 2 aliphatic heterocycles. The highest BCUT2D eigenvalue weighted by molar-refractivity contribution is 6.02. The van der Waals surface area contributed by atoms with E-state index in [1.807, 2.05) is 0 Å². The lowest BCUT2D eigenvalue weighted by Gasteiger charge is -2.31. The number of amides is 3. The lowest BCUT2D eigenvalue weighted by molar-refractivity contribution is -0.384. The molecule has 0 spiro atoms. The number of carboxylic acid groups (broad SMARTS) is 1. The molecule has 3 amide bonds. The van der Waals surface area contributed by atoms with E-state index in [1.54, 1.807) is 0 Å². The van der Waals surface area contributed by atoms with Gasteiger partial charge in [0.25, 0.3) is 23.4 Å². The van der Waals surface area contributed by atoms with Gasteiger partial charge in [0.15, 0.2) is 17.7 Å². The molecule has 13 nitrogen and oxygen atoms in total. The van der Waals surface area contributed by atoms with E-state index in [2.05, 4.69) is 5.32 Å². The predicted molar refractivity (Wildman–Crippen MR) is 141 cm³/mol. The highest BCUT2D eigenvalue weighted by atomic mass is 19.1. The average molecular weight is 596 g/mol. The molecular weight excluding hydrogens is 574 g/mol. The maximum Gasteiger partial charge on any atom is 0.305 e. The average Bonchev–Trinajstić information content (AvgIpc) is 3.62. The molecule has 0 radical (unpaired) electrons. The van der Waals surface area contributed by atoms with Crippen LogP contribution < -0.4 is 14.8 Å². The van der Waals surface area contributed by atoms with Crippen molar-refractivity contribution in [3.8, 4) is 11.5 Å². The van der Waals surface area contributed by atoms with Gasteiger partial charge >= 0.3 is 5.97 Å². The number of carbonyl (C=O) groups is 4. The van der Waals surface area contributed by atoms with Gasteiger partial charge in [-0.25, -0.2) is 8.78 Å². The molecule has 0 aliphatic carbocycles. The lowest BCUT2D eigenvalue weighted by atomic mass is 10.0. The van der Waals surface area contributed by atoms with Crippen LogP contribution in [0.15, 0.2) is 60.7 Å². The number of hydrogen-bond acceptors (Lipinski definition) is 8.